The first-order valence-corrected chi connectivity index (χ1v) is 5.35. The number of likely N-dealkylation sites (N-methyl/N-ethyl adjacent to an activating group) is 1. The molecule has 0 spiro atoms. The number of nitrogens with zero attached hydrogens (tertiary/aromatic N) is 2. The first-order chi connectivity index (χ1) is 6.22. The van der Waals surface area contributed by atoms with Gasteiger partial charge in [-0.25, -0.2) is 4.98 Å². The Morgan fingerprint density at radius 1 is 1.69 bits per heavy atom. The van der Waals surface area contributed by atoms with E-state index in [4.69, 9.17) is 0 Å². The van der Waals surface area contributed by atoms with Crippen LogP contribution in [-0.2, 0) is 6.54 Å². The minimum Gasteiger partial charge on any atom is -0.392 e. The second kappa shape index (κ2) is 5.32. The molecule has 0 aliphatic heterocycles. The number of aliphatic hydroxyl groups is 1. The standard InChI is InChI=1S/C9H16N2OS/c1-3-8(12)6-11(2)7-9-10-4-5-13-9/h4-5,8,12H,3,6-7H2,1-2H3/t8-/m1/s1. The molecule has 1 N–H and O–H groups in total. The molecule has 0 aliphatic carbocycles. The van der Waals surface area contributed by atoms with E-state index in [1.807, 2.05) is 25.5 Å². The summed E-state index contributed by atoms with van der Waals surface area (Å²) in [5, 5.41) is 12.5. The van der Waals surface area contributed by atoms with Crippen LogP contribution in [0.5, 0.6) is 0 Å². The molecule has 0 aromatic carbocycles. The van der Waals surface area contributed by atoms with Gasteiger partial charge in [-0.15, -0.1) is 11.3 Å². The van der Waals surface area contributed by atoms with Gasteiger partial charge in [-0.05, 0) is 13.5 Å². The predicted octanol–water partition coefficient (Wildman–Crippen LogP) is 1.35. The van der Waals surface area contributed by atoms with Crippen molar-refractivity contribution in [2.24, 2.45) is 0 Å². The third-order valence-corrected chi connectivity index (χ3v) is 2.65. The Morgan fingerprint density at radius 3 is 3.00 bits per heavy atom. The minimum absolute atomic E-state index is 0.218. The topological polar surface area (TPSA) is 36.4 Å². The Morgan fingerprint density at radius 2 is 2.46 bits per heavy atom. The average molecular weight is 200 g/mol. The molecule has 1 rings (SSSR count). The molecule has 0 amide bonds. The maximum atomic E-state index is 9.40. The van der Waals surface area contributed by atoms with Gasteiger partial charge in [0.05, 0.1) is 12.6 Å². The first-order valence-electron chi connectivity index (χ1n) is 4.47. The second-order valence-corrected chi connectivity index (χ2v) is 4.16. The van der Waals surface area contributed by atoms with E-state index in [0.717, 1.165) is 24.5 Å². The monoisotopic (exact) mass is 200 g/mol. The van der Waals surface area contributed by atoms with Gasteiger partial charge in [0.1, 0.15) is 5.01 Å². The zero-order valence-corrected chi connectivity index (χ0v) is 8.92. The Balaban J connectivity index is 2.29. The van der Waals surface area contributed by atoms with Gasteiger partial charge in [0.15, 0.2) is 0 Å². The van der Waals surface area contributed by atoms with E-state index in [2.05, 4.69) is 9.88 Å². The molecular formula is C9H16N2OS. The zero-order chi connectivity index (χ0) is 9.68. The fourth-order valence-electron chi connectivity index (χ4n) is 1.12. The predicted molar refractivity (Wildman–Crippen MR) is 54.7 cm³/mol. The summed E-state index contributed by atoms with van der Waals surface area (Å²) in [6.07, 6.45) is 2.40. The first kappa shape index (κ1) is 10.6. The molecule has 1 aromatic heterocycles. The second-order valence-electron chi connectivity index (χ2n) is 3.18. The molecule has 0 radical (unpaired) electrons. The van der Waals surface area contributed by atoms with Crippen molar-refractivity contribution in [3.63, 3.8) is 0 Å². The molecule has 0 aliphatic rings. The van der Waals surface area contributed by atoms with Gasteiger partial charge in [0.2, 0.25) is 0 Å². The van der Waals surface area contributed by atoms with Crippen LogP contribution in [0.15, 0.2) is 11.6 Å². The Hall–Kier alpha value is -0.450. The highest BCUT2D eigenvalue weighted by Crippen LogP contribution is 2.07. The average Bonchev–Trinajstić information content (AvgIpc) is 2.56. The van der Waals surface area contributed by atoms with Crippen molar-refractivity contribution in [1.82, 2.24) is 9.88 Å². The van der Waals surface area contributed by atoms with Gasteiger partial charge < -0.3 is 5.11 Å². The van der Waals surface area contributed by atoms with Gasteiger partial charge in [0.25, 0.3) is 0 Å². The maximum Gasteiger partial charge on any atom is 0.107 e. The smallest absolute Gasteiger partial charge is 0.107 e. The summed E-state index contributed by atoms with van der Waals surface area (Å²) in [6, 6.07) is 0. The maximum absolute atomic E-state index is 9.40. The zero-order valence-electron chi connectivity index (χ0n) is 8.10. The Labute approximate surface area is 83.0 Å². The minimum atomic E-state index is -0.218. The van der Waals surface area contributed by atoms with Gasteiger partial charge in [0, 0.05) is 18.1 Å². The van der Waals surface area contributed by atoms with E-state index >= 15 is 0 Å². The van der Waals surface area contributed by atoms with Crippen LogP contribution in [0.4, 0.5) is 0 Å². The third kappa shape index (κ3) is 3.85. The lowest BCUT2D eigenvalue weighted by atomic mass is 10.2. The van der Waals surface area contributed by atoms with Crippen LogP contribution >= 0.6 is 11.3 Å². The molecule has 3 nitrogen and oxygen atoms in total. The SMILES string of the molecule is CC[C@@H](O)CN(C)Cc1nccs1. The number of aliphatic hydroxyl groups excluding tert-OH is 1. The van der Waals surface area contributed by atoms with E-state index in [9.17, 15) is 5.11 Å². The van der Waals surface area contributed by atoms with E-state index in [1.165, 1.54) is 0 Å². The molecule has 0 bridgehead atoms. The number of hydrogen-bond donors (Lipinski definition) is 1. The van der Waals surface area contributed by atoms with Crippen LogP contribution in [0.25, 0.3) is 0 Å². The molecule has 0 saturated heterocycles. The van der Waals surface area contributed by atoms with Crippen molar-refractivity contribution in [1.29, 1.82) is 0 Å². The summed E-state index contributed by atoms with van der Waals surface area (Å²) < 4.78 is 0. The van der Waals surface area contributed by atoms with Crippen LogP contribution in [-0.4, -0.2) is 34.7 Å². The lowest BCUT2D eigenvalue weighted by Gasteiger charge is -2.18. The van der Waals surface area contributed by atoms with Gasteiger partial charge >= 0.3 is 0 Å². The summed E-state index contributed by atoms with van der Waals surface area (Å²) in [6.45, 7) is 3.53. The van der Waals surface area contributed by atoms with E-state index in [1.54, 1.807) is 11.3 Å². The largest absolute Gasteiger partial charge is 0.392 e. The van der Waals surface area contributed by atoms with Crippen LogP contribution in [0, 0.1) is 0 Å². The molecule has 13 heavy (non-hydrogen) atoms. The summed E-state index contributed by atoms with van der Waals surface area (Å²) in [4.78, 5) is 6.27. The van der Waals surface area contributed by atoms with Crippen molar-refractivity contribution in [2.75, 3.05) is 13.6 Å². The summed E-state index contributed by atoms with van der Waals surface area (Å²) in [5.74, 6) is 0. The van der Waals surface area contributed by atoms with Gasteiger partial charge in [-0.1, -0.05) is 6.92 Å². The lowest BCUT2D eigenvalue weighted by molar-refractivity contribution is 0.119. The molecule has 1 aromatic rings. The van der Waals surface area contributed by atoms with Gasteiger partial charge in [-0.3, -0.25) is 4.90 Å². The Kier molecular flexibility index (Phi) is 4.35. The van der Waals surface area contributed by atoms with Crippen molar-refractivity contribution < 1.29 is 5.11 Å². The fourth-order valence-corrected chi connectivity index (χ4v) is 1.81. The normalized spacial score (nSPS) is 13.5. The molecule has 1 atom stereocenters. The molecule has 74 valence electrons. The molecular weight excluding hydrogens is 184 g/mol. The highest BCUT2D eigenvalue weighted by Gasteiger charge is 2.07. The third-order valence-electron chi connectivity index (χ3n) is 1.88. The highest BCUT2D eigenvalue weighted by atomic mass is 32.1. The number of thiazole rings is 1. The molecule has 1 heterocycles. The molecule has 0 unspecified atom stereocenters. The van der Waals surface area contributed by atoms with Crippen LogP contribution < -0.4 is 0 Å². The van der Waals surface area contributed by atoms with E-state index in [-0.39, 0.29) is 6.10 Å². The van der Waals surface area contributed by atoms with Crippen LogP contribution in [0.1, 0.15) is 18.4 Å². The number of hydrogen-bond acceptors (Lipinski definition) is 4. The Bertz CT molecular complexity index is 226. The summed E-state index contributed by atoms with van der Waals surface area (Å²) in [5.41, 5.74) is 0. The number of rotatable bonds is 5. The van der Waals surface area contributed by atoms with Crippen LogP contribution in [0.2, 0.25) is 0 Å². The van der Waals surface area contributed by atoms with Crippen molar-refractivity contribution in [3.05, 3.63) is 16.6 Å². The van der Waals surface area contributed by atoms with Crippen molar-refractivity contribution >= 4 is 11.3 Å². The van der Waals surface area contributed by atoms with Crippen LogP contribution in [0.3, 0.4) is 0 Å². The van der Waals surface area contributed by atoms with Crippen molar-refractivity contribution in [3.8, 4) is 0 Å². The summed E-state index contributed by atoms with van der Waals surface area (Å²) in [7, 11) is 2.00. The summed E-state index contributed by atoms with van der Waals surface area (Å²) >= 11 is 1.65. The van der Waals surface area contributed by atoms with Crippen molar-refractivity contribution in [2.45, 2.75) is 26.0 Å². The van der Waals surface area contributed by atoms with E-state index < -0.39 is 0 Å². The lowest BCUT2D eigenvalue weighted by Crippen LogP contribution is -2.28. The molecule has 0 saturated carbocycles. The fraction of sp³-hybridized carbons (Fsp3) is 0.667. The number of aromatic nitrogens is 1. The van der Waals surface area contributed by atoms with E-state index in [0.29, 0.717) is 0 Å². The molecule has 0 fully saturated rings. The van der Waals surface area contributed by atoms with Gasteiger partial charge in [-0.2, -0.15) is 0 Å². The quantitative estimate of drug-likeness (QED) is 0.779. The highest BCUT2D eigenvalue weighted by molar-refractivity contribution is 7.09. The molecule has 4 heteroatoms.